The molecular formula is C28H30N4OS. The number of nitrogens with one attached hydrogen (secondary N) is 1. The first-order valence-corrected chi connectivity index (χ1v) is 12.6. The molecule has 1 N–H and O–H groups in total. The van der Waals surface area contributed by atoms with Crippen molar-refractivity contribution in [3.8, 4) is 0 Å². The van der Waals surface area contributed by atoms with Crippen LogP contribution in [0.15, 0.2) is 82.8 Å². The van der Waals surface area contributed by atoms with E-state index in [4.69, 9.17) is 9.98 Å². The molecule has 1 aliphatic heterocycles. The number of amides is 1. The fraction of sp³-hybridized carbons (Fsp3) is 0.250. The maximum Gasteiger partial charge on any atom is 0.234 e. The summed E-state index contributed by atoms with van der Waals surface area (Å²) in [5, 5.41) is 3.95. The van der Waals surface area contributed by atoms with Gasteiger partial charge in [0.2, 0.25) is 5.91 Å². The highest BCUT2D eigenvalue weighted by Crippen LogP contribution is 2.33. The summed E-state index contributed by atoms with van der Waals surface area (Å²) in [4.78, 5) is 24.8. The third-order valence-electron chi connectivity index (χ3n) is 5.79. The van der Waals surface area contributed by atoms with Crippen molar-refractivity contribution in [3.05, 3.63) is 83.9 Å². The zero-order valence-electron chi connectivity index (χ0n) is 19.9. The van der Waals surface area contributed by atoms with Gasteiger partial charge < -0.3 is 10.2 Å². The highest BCUT2D eigenvalue weighted by atomic mass is 32.2. The molecule has 0 saturated carbocycles. The van der Waals surface area contributed by atoms with E-state index >= 15 is 0 Å². The first-order chi connectivity index (χ1) is 16.6. The van der Waals surface area contributed by atoms with Crippen LogP contribution in [-0.4, -0.2) is 35.5 Å². The van der Waals surface area contributed by atoms with Crippen LogP contribution in [0, 0.1) is 6.92 Å². The van der Waals surface area contributed by atoms with Crippen molar-refractivity contribution in [3.63, 3.8) is 0 Å². The predicted octanol–water partition coefficient (Wildman–Crippen LogP) is 6.77. The highest BCUT2D eigenvalue weighted by molar-refractivity contribution is 8.14. The molecule has 0 aromatic heterocycles. The summed E-state index contributed by atoms with van der Waals surface area (Å²) in [5.41, 5.74) is 6.79. The zero-order chi connectivity index (χ0) is 23.9. The van der Waals surface area contributed by atoms with E-state index in [2.05, 4.69) is 48.3 Å². The van der Waals surface area contributed by atoms with Gasteiger partial charge in [-0.2, -0.15) is 0 Å². The molecule has 34 heavy (non-hydrogen) atoms. The van der Waals surface area contributed by atoms with Crippen molar-refractivity contribution in [1.29, 1.82) is 0 Å². The number of aryl methyl sites for hydroxylation is 1. The fourth-order valence-corrected chi connectivity index (χ4v) is 4.72. The number of fused-ring (bicyclic) bond motifs is 1. The minimum Gasteiger partial charge on any atom is -0.372 e. The molecule has 3 aromatic rings. The molecule has 4 rings (SSSR count). The molecule has 0 atom stereocenters. The lowest BCUT2D eigenvalue weighted by atomic mass is 10.1. The quantitative estimate of drug-likeness (QED) is 0.415. The molecule has 3 aromatic carbocycles. The Morgan fingerprint density at radius 1 is 0.941 bits per heavy atom. The van der Waals surface area contributed by atoms with Crippen molar-refractivity contribution in [2.24, 2.45) is 9.98 Å². The lowest BCUT2D eigenvalue weighted by molar-refractivity contribution is -0.113. The van der Waals surface area contributed by atoms with Gasteiger partial charge in [0, 0.05) is 30.9 Å². The Balaban J connectivity index is 1.46. The maximum atomic E-state index is 12.8. The third-order valence-corrected chi connectivity index (χ3v) is 6.77. The van der Waals surface area contributed by atoms with E-state index in [9.17, 15) is 4.79 Å². The summed E-state index contributed by atoms with van der Waals surface area (Å²) in [6.45, 7) is 8.24. The van der Waals surface area contributed by atoms with Crippen LogP contribution in [0.4, 0.5) is 22.7 Å². The van der Waals surface area contributed by atoms with Crippen molar-refractivity contribution in [2.45, 2.75) is 27.2 Å². The van der Waals surface area contributed by atoms with E-state index in [1.54, 1.807) is 0 Å². The Morgan fingerprint density at radius 3 is 2.29 bits per heavy atom. The number of hydrogen-bond acceptors (Lipinski definition) is 5. The number of thioether (sulfide) groups is 1. The third kappa shape index (κ3) is 5.75. The average Bonchev–Trinajstić information content (AvgIpc) is 3.05. The molecule has 0 radical (unpaired) electrons. The topological polar surface area (TPSA) is 57.1 Å². The molecule has 174 valence electrons. The smallest absolute Gasteiger partial charge is 0.234 e. The minimum atomic E-state index is -0.0397. The Bertz CT molecular complexity index is 1220. The van der Waals surface area contributed by atoms with Gasteiger partial charge in [-0.25, -0.2) is 4.99 Å². The molecule has 6 heteroatoms. The summed E-state index contributed by atoms with van der Waals surface area (Å²) >= 11 is 1.47. The van der Waals surface area contributed by atoms with Gasteiger partial charge >= 0.3 is 0 Å². The summed E-state index contributed by atoms with van der Waals surface area (Å²) in [7, 11) is 0. The second-order valence-electron chi connectivity index (χ2n) is 8.10. The first kappa shape index (κ1) is 23.8. The van der Waals surface area contributed by atoms with Crippen LogP contribution in [0.5, 0.6) is 0 Å². The number of nitrogens with zero attached hydrogens (tertiary/aromatic N) is 3. The van der Waals surface area contributed by atoms with Crippen molar-refractivity contribution < 1.29 is 4.79 Å². The van der Waals surface area contributed by atoms with Crippen LogP contribution < -0.4 is 10.2 Å². The Morgan fingerprint density at radius 2 is 1.62 bits per heavy atom. The molecular weight excluding hydrogens is 440 g/mol. The first-order valence-electron chi connectivity index (χ1n) is 11.6. The van der Waals surface area contributed by atoms with Crippen molar-refractivity contribution in [2.75, 3.05) is 29.1 Å². The van der Waals surface area contributed by atoms with Gasteiger partial charge in [0.1, 0.15) is 0 Å². The number of para-hydroxylation sites is 2. The standard InChI is InChI=1S/C28H30N4OS/c1-4-32(5-2)22-15-16-23(20(3)17-22)30-27(33)19-34-28-18-26(21-11-7-6-8-12-21)29-24-13-9-10-14-25(24)31-28/h6-17H,4-5,18-19H2,1-3H3,(H,30,33). The number of rotatable bonds is 7. The number of carbonyl (C=O) groups is 1. The van der Waals surface area contributed by atoms with Gasteiger partial charge in [-0.1, -0.05) is 42.5 Å². The van der Waals surface area contributed by atoms with Gasteiger partial charge in [-0.15, -0.1) is 11.8 Å². The molecule has 0 aliphatic carbocycles. The number of carbonyl (C=O) groups excluding carboxylic acids is 1. The van der Waals surface area contributed by atoms with Gasteiger partial charge in [-0.3, -0.25) is 9.79 Å². The zero-order valence-corrected chi connectivity index (χ0v) is 20.7. The lowest BCUT2D eigenvalue weighted by Crippen LogP contribution is -2.22. The van der Waals surface area contributed by atoms with Crippen LogP contribution in [0.1, 0.15) is 31.4 Å². The van der Waals surface area contributed by atoms with E-state index in [1.165, 1.54) is 17.4 Å². The van der Waals surface area contributed by atoms with Gasteiger partial charge in [0.25, 0.3) is 0 Å². The largest absolute Gasteiger partial charge is 0.372 e. The summed E-state index contributed by atoms with van der Waals surface area (Å²) in [6, 6.07) is 24.2. The van der Waals surface area contributed by atoms with Crippen LogP contribution >= 0.6 is 11.8 Å². The summed E-state index contributed by atoms with van der Waals surface area (Å²) in [6.07, 6.45) is 0.592. The molecule has 1 aliphatic rings. The molecule has 1 heterocycles. The Hall–Kier alpha value is -3.38. The average molecular weight is 471 g/mol. The van der Waals surface area contributed by atoms with E-state index < -0.39 is 0 Å². The van der Waals surface area contributed by atoms with E-state index in [0.717, 1.165) is 52.0 Å². The lowest BCUT2D eigenvalue weighted by Gasteiger charge is -2.22. The summed E-state index contributed by atoms with van der Waals surface area (Å²) in [5.74, 6) is 0.252. The van der Waals surface area contributed by atoms with E-state index in [0.29, 0.717) is 12.2 Å². The SMILES string of the molecule is CCN(CC)c1ccc(NC(=O)CSC2=Nc3ccccc3N=C(c3ccccc3)C2)c(C)c1. The normalized spacial score (nSPS) is 12.8. The van der Waals surface area contributed by atoms with Crippen molar-refractivity contribution >= 4 is 51.2 Å². The maximum absolute atomic E-state index is 12.8. The van der Waals surface area contributed by atoms with Crippen LogP contribution in [0.25, 0.3) is 0 Å². The van der Waals surface area contributed by atoms with Crippen molar-refractivity contribution in [1.82, 2.24) is 0 Å². The van der Waals surface area contributed by atoms with Crippen LogP contribution in [0.2, 0.25) is 0 Å². The fourth-order valence-electron chi connectivity index (χ4n) is 3.94. The Kier molecular flexibility index (Phi) is 7.80. The molecule has 1 amide bonds. The predicted molar refractivity (Wildman–Crippen MR) is 147 cm³/mol. The molecule has 0 saturated heterocycles. The minimum absolute atomic E-state index is 0.0397. The molecule has 5 nitrogen and oxygen atoms in total. The van der Waals surface area contributed by atoms with Crippen LogP contribution in [-0.2, 0) is 4.79 Å². The number of aliphatic imine (C=N–C) groups is 2. The number of anilines is 2. The number of benzene rings is 3. The summed E-state index contributed by atoms with van der Waals surface area (Å²) < 4.78 is 0. The molecule has 0 bridgehead atoms. The Labute approximate surface area is 206 Å². The second kappa shape index (κ2) is 11.2. The van der Waals surface area contributed by atoms with Crippen LogP contribution in [0.3, 0.4) is 0 Å². The van der Waals surface area contributed by atoms with E-state index in [1.807, 2.05) is 55.5 Å². The molecule has 0 unspecified atom stereocenters. The van der Waals surface area contributed by atoms with Gasteiger partial charge in [-0.05, 0) is 62.2 Å². The highest BCUT2D eigenvalue weighted by Gasteiger charge is 2.17. The van der Waals surface area contributed by atoms with Gasteiger partial charge in [0.15, 0.2) is 0 Å². The monoisotopic (exact) mass is 470 g/mol. The van der Waals surface area contributed by atoms with E-state index in [-0.39, 0.29) is 5.91 Å². The second-order valence-corrected chi connectivity index (χ2v) is 9.15. The number of hydrogen-bond donors (Lipinski definition) is 1. The molecule has 0 fully saturated rings. The van der Waals surface area contributed by atoms with Gasteiger partial charge in [0.05, 0.1) is 27.9 Å². The molecule has 0 spiro atoms.